The standard InChI is InChI=1S/C11H18N4O4/c1-2-3-12-10-4-8(15(18)19)5-11(14-10)13-6-9(17)7-16/h4-5,9,16-17H,2-3,6-7H2,1H3,(H2,12,13,14). The molecule has 1 aromatic heterocycles. The minimum atomic E-state index is -0.937. The van der Waals surface area contributed by atoms with E-state index in [9.17, 15) is 15.2 Å². The molecule has 0 saturated carbocycles. The normalized spacial score (nSPS) is 11.9. The lowest BCUT2D eigenvalue weighted by Crippen LogP contribution is -2.23. The molecule has 0 aliphatic heterocycles. The molecule has 0 aliphatic rings. The summed E-state index contributed by atoms with van der Waals surface area (Å²) in [4.78, 5) is 14.4. The quantitative estimate of drug-likeness (QED) is 0.402. The van der Waals surface area contributed by atoms with E-state index in [1.165, 1.54) is 12.1 Å². The number of anilines is 2. The molecule has 8 nitrogen and oxygen atoms in total. The Balaban J connectivity index is 2.83. The Hall–Kier alpha value is -1.93. The molecule has 0 fully saturated rings. The van der Waals surface area contributed by atoms with Gasteiger partial charge in [0.05, 0.1) is 29.8 Å². The Morgan fingerprint density at radius 2 is 2.05 bits per heavy atom. The van der Waals surface area contributed by atoms with Gasteiger partial charge in [-0.3, -0.25) is 10.1 Å². The number of nitrogens with zero attached hydrogens (tertiary/aromatic N) is 2. The first kappa shape index (κ1) is 15.1. The van der Waals surface area contributed by atoms with Crippen molar-refractivity contribution >= 4 is 17.3 Å². The maximum absolute atomic E-state index is 10.8. The molecule has 8 heteroatoms. The van der Waals surface area contributed by atoms with Crippen LogP contribution in [-0.2, 0) is 0 Å². The van der Waals surface area contributed by atoms with Crippen LogP contribution in [0.15, 0.2) is 12.1 Å². The molecule has 0 spiro atoms. The Kier molecular flexibility index (Phi) is 5.97. The van der Waals surface area contributed by atoms with E-state index in [4.69, 9.17) is 5.11 Å². The summed E-state index contributed by atoms with van der Waals surface area (Å²) in [5.74, 6) is 0.678. The Morgan fingerprint density at radius 3 is 2.58 bits per heavy atom. The van der Waals surface area contributed by atoms with Gasteiger partial charge in [0, 0.05) is 13.1 Å². The van der Waals surface area contributed by atoms with Crippen LogP contribution < -0.4 is 10.6 Å². The van der Waals surface area contributed by atoms with Crippen molar-refractivity contribution in [2.45, 2.75) is 19.4 Å². The lowest BCUT2D eigenvalue weighted by atomic mass is 10.3. The van der Waals surface area contributed by atoms with E-state index in [2.05, 4.69) is 15.6 Å². The summed E-state index contributed by atoms with van der Waals surface area (Å²) in [7, 11) is 0. The van der Waals surface area contributed by atoms with Crippen molar-refractivity contribution in [1.29, 1.82) is 0 Å². The number of hydrogen-bond acceptors (Lipinski definition) is 7. The Morgan fingerprint density at radius 1 is 1.42 bits per heavy atom. The zero-order valence-corrected chi connectivity index (χ0v) is 10.7. The van der Waals surface area contributed by atoms with Crippen molar-refractivity contribution in [3.63, 3.8) is 0 Å². The van der Waals surface area contributed by atoms with Gasteiger partial charge in [-0.15, -0.1) is 0 Å². The molecular weight excluding hydrogens is 252 g/mol. The van der Waals surface area contributed by atoms with Crippen molar-refractivity contribution in [1.82, 2.24) is 4.98 Å². The number of aliphatic hydroxyl groups is 2. The third-order valence-corrected chi connectivity index (χ3v) is 2.31. The molecule has 0 amide bonds. The molecule has 1 aromatic rings. The van der Waals surface area contributed by atoms with Crippen LogP contribution in [0.4, 0.5) is 17.3 Å². The molecule has 4 N–H and O–H groups in total. The highest BCUT2D eigenvalue weighted by Crippen LogP contribution is 2.20. The molecule has 1 atom stereocenters. The molecule has 0 saturated heterocycles. The Bertz CT molecular complexity index is 427. The van der Waals surface area contributed by atoms with Crippen LogP contribution in [0.1, 0.15) is 13.3 Å². The molecule has 1 unspecified atom stereocenters. The molecule has 0 bridgehead atoms. The molecule has 0 radical (unpaired) electrons. The van der Waals surface area contributed by atoms with Crippen LogP contribution in [0.25, 0.3) is 0 Å². The summed E-state index contributed by atoms with van der Waals surface area (Å²) < 4.78 is 0. The van der Waals surface area contributed by atoms with Crippen molar-refractivity contribution < 1.29 is 15.1 Å². The topological polar surface area (TPSA) is 121 Å². The van der Waals surface area contributed by atoms with Crippen LogP contribution >= 0.6 is 0 Å². The van der Waals surface area contributed by atoms with E-state index in [0.717, 1.165) is 6.42 Å². The number of hydrogen-bond donors (Lipinski definition) is 4. The predicted molar refractivity (Wildman–Crippen MR) is 71.3 cm³/mol. The summed E-state index contributed by atoms with van der Waals surface area (Å²) in [6.45, 7) is 2.31. The van der Waals surface area contributed by atoms with E-state index in [0.29, 0.717) is 12.4 Å². The van der Waals surface area contributed by atoms with Crippen LogP contribution in [-0.4, -0.2) is 45.9 Å². The lowest BCUT2D eigenvalue weighted by Gasteiger charge is -2.11. The fourth-order valence-corrected chi connectivity index (χ4v) is 1.34. The Labute approximate surface area is 110 Å². The second-order valence-corrected chi connectivity index (χ2v) is 4.00. The molecular formula is C11H18N4O4. The highest BCUT2D eigenvalue weighted by Gasteiger charge is 2.11. The summed E-state index contributed by atoms with van der Waals surface area (Å²) in [6.07, 6.45) is -0.0655. The highest BCUT2D eigenvalue weighted by atomic mass is 16.6. The second kappa shape index (κ2) is 7.49. The van der Waals surface area contributed by atoms with Crippen molar-refractivity contribution in [2.75, 3.05) is 30.3 Å². The first-order valence-corrected chi connectivity index (χ1v) is 6.00. The largest absolute Gasteiger partial charge is 0.394 e. The first-order chi connectivity index (χ1) is 9.06. The summed E-state index contributed by atoms with van der Waals surface area (Å²) in [5.41, 5.74) is -0.0883. The van der Waals surface area contributed by atoms with Gasteiger partial charge in [0.2, 0.25) is 0 Å². The number of rotatable bonds is 8. The summed E-state index contributed by atoms with van der Waals surface area (Å²) in [6, 6.07) is 2.63. The van der Waals surface area contributed by atoms with Crippen LogP contribution in [0.5, 0.6) is 0 Å². The second-order valence-electron chi connectivity index (χ2n) is 4.00. The van der Waals surface area contributed by atoms with Gasteiger partial charge in [-0.1, -0.05) is 6.92 Å². The van der Waals surface area contributed by atoms with Crippen molar-refractivity contribution in [2.24, 2.45) is 0 Å². The van der Waals surface area contributed by atoms with Crippen LogP contribution in [0.3, 0.4) is 0 Å². The van der Waals surface area contributed by atoms with E-state index in [1.807, 2.05) is 6.92 Å². The van der Waals surface area contributed by atoms with Crippen molar-refractivity contribution in [3.8, 4) is 0 Å². The fourth-order valence-electron chi connectivity index (χ4n) is 1.34. The fraction of sp³-hybridized carbons (Fsp3) is 0.545. The lowest BCUT2D eigenvalue weighted by molar-refractivity contribution is -0.384. The SMILES string of the molecule is CCCNc1cc([N+](=O)[O-])cc(NCC(O)CO)n1. The minimum Gasteiger partial charge on any atom is -0.394 e. The monoisotopic (exact) mass is 270 g/mol. The third kappa shape index (κ3) is 5.06. The van der Waals surface area contributed by atoms with Crippen LogP contribution in [0, 0.1) is 10.1 Å². The van der Waals surface area contributed by atoms with Gasteiger partial charge in [-0.05, 0) is 6.42 Å². The number of nitrogens with one attached hydrogen (secondary N) is 2. The predicted octanol–water partition coefficient (Wildman–Crippen LogP) is 0.577. The molecule has 106 valence electrons. The zero-order valence-electron chi connectivity index (χ0n) is 10.7. The van der Waals surface area contributed by atoms with E-state index in [-0.39, 0.29) is 24.7 Å². The van der Waals surface area contributed by atoms with E-state index in [1.54, 1.807) is 0 Å². The molecule has 0 aromatic carbocycles. The third-order valence-electron chi connectivity index (χ3n) is 2.31. The highest BCUT2D eigenvalue weighted by molar-refractivity contribution is 5.54. The van der Waals surface area contributed by atoms with E-state index < -0.39 is 11.0 Å². The molecule has 19 heavy (non-hydrogen) atoms. The number of aromatic nitrogens is 1. The van der Waals surface area contributed by atoms with Gasteiger partial charge >= 0.3 is 0 Å². The maximum atomic E-state index is 10.8. The molecule has 1 rings (SSSR count). The number of aliphatic hydroxyl groups excluding tert-OH is 2. The maximum Gasteiger partial charge on any atom is 0.276 e. The van der Waals surface area contributed by atoms with Gasteiger partial charge < -0.3 is 20.8 Å². The van der Waals surface area contributed by atoms with Gasteiger partial charge in [-0.25, -0.2) is 4.98 Å². The smallest absolute Gasteiger partial charge is 0.276 e. The van der Waals surface area contributed by atoms with Gasteiger partial charge in [0.25, 0.3) is 5.69 Å². The molecule has 1 heterocycles. The van der Waals surface area contributed by atoms with Crippen LogP contribution in [0.2, 0.25) is 0 Å². The van der Waals surface area contributed by atoms with Crippen molar-refractivity contribution in [3.05, 3.63) is 22.2 Å². The minimum absolute atomic E-state index is 0.0673. The number of pyridine rings is 1. The van der Waals surface area contributed by atoms with Gasteiger partial charge in [0.15, 0.2) is 0 Å². The molecule has 0 aliphatic carbocycles. The average Bonchev–Trinajstić information content (AvgIpc) is 2.42. The van der Waals surface area contributed by atoms with Gasteiger partial charge in [-0.2, -0.15) is 0 Å². The van der Waals surface area contributed by atoms with Gasteiger partial charge in [0.1, 0.15) is 11.6 Å². The number of nitro groups is 1. The first-order valence-electron chi connectivity index (χ1n) is 6.00. The summed E-state index contributed by atoms with van der Waals surface area (Å²) in [5, 5.41) is 34.4. The van der Waals surface area contributed by atoms with E-state index >= 15 is 0 Å². The average molecular weight is 270 g/mol. The summed E-state index contributed by atoms with van der Waals surface area (Å²) >= 11 is 0. The zero-order chi connectivity index (χ0) is 14.3.